The van der Waals surface area contributed by atoms with E-state index in [4.69, 9.17) is 4.74 Å². The number of nitrogens with one attached hydrogen (secondary N) is 1. The van der Waals surface area contributed by atoms with E-state index in [0.29, 0.717) is 44.0 Å². The van der Waals surface area contributed by atoms with Gasteiger partial charge in [0.2, 0.25) is 0 Å². The van der Waals surface area contributed by atoms with Gasteiger partial charge in [-0.25, -0.2) is 4.39 Å². The van der Waals surface area contributed by atoms with Crippen LogP contribution in [0.1, 0.15) is 40.7 Å². The summed E-state index contributed by atoms with van der Waals surface area (Å²) >= 11 is 0. The Morgan fingerprint density at radius 3 is 2.69 bits per heavy atom. The first-order chi connectivity index (χ1) is 15.5. The van der Waals surface area contributed by atoms with Gasteiger partial charge in [0, 0.05) is 19.3 Å². The number of nitrogens with zero attached hydrogens (tertiary/aromatic N) is 2. The Morgan fingerprint density at radius 1 is 1.22 bits per heavy atom. The molecule has 0 radical (unpaired) electrons. The summed E-state index contributed by atoms with van der Waals surface area (Å²) in [4.78, 5) is 30.6. The smallest absolute Gasteiger partial charge is 0.267 e. The zero-order chi connectivity index (χ0) is 22.2. The van der Waals surface area contributed by atoms with Gasteiger partial charge in [-0.2, -0.15) is 0 Å². The fraction of sp³-hybridized carbons (Fsp3) is 0.375. The molecule has 1 atom stereocenters. The normalized spacial score (nSPS) is 18.2. The zero-order valence-corrected chi connectivity index (χ0v) is 17.5. The lowest BCUT2D eigenvalue weighted by atomic mass is 10.0. The number of hydrogen-bond donors (Lipinski definition) is 2. The van der Waals surface area contributed by atoms with Crippen molar-refractivity contribution in [3.8, 4) is 5.75 Å². The highest BCUT2D eigenvalue weighted by Gasteiger charge is 2.29. The molecular formula is C24H24FN3O4. The first-order valence-electron chi connectivity index (χ1n) is 10.9. The SMILES string of the molecule is O=C(N[C@@H]1CCOC1)c1c(O)c2ncc(Cc3ccc(F)cc3)cc2n(CC2CC2)c1=O. The lowest BCUT2D eigenvalue weighted by molar-refractivity contribution is 0.0925. The monoisotopic (exact) mass is 437 g/mol. The van der Waals surface area contributed by atoms with Crippen molar-refractivity contribution >= 4 is 16.9 Å². The van der Waals surface area contributed by atoms with Gasteiger partial charge in [-0.3, -0.25) is 14.6 Å². The molecular weight excluding hydrogens is 413 g/mol. The summed E-state index contributed by atoms with van der Waals surface area (Å²) in [6, 6.07) is 7.85. The molecule has 1 saturated carbocycles. The third-order valence-corrected chi connectivity index (χ3v) is 6.09. The van der Waals surface area contributed by atoms with Gasteiger partial charge in [0.1, 0.15) is 16.9 Å². The second kappa shape index (κ2) is 8.35. The van der Waals surface area contributed by atoms with Crippen LogP contribution in [0.25, 0.3) is 11.0 Å². The fourth-order valence-electron chi connectivity index (χ4n) is 4.13. The van der Waals surface area contributed by atoms with Gasteiger partial charge in [-0.15, -0.1) is 0 Å². The summed E-state index contributed by atoms with van der Waals surface area (Å²) in [5.41, 5.74) is 1.67. The maximum absolute atomic E-state index is 13.3. The minimum Gasteiger partial charge on any atom is -0.505 e. The first kappa shape index (κ1) is 20.6. The van der Waals surface area contributed by atoms with Crippen molar-refractivity contribution in [2.24, 2.45) is 5.92 Å². The molecule has 3 heterocycles. The van der Waals surface area contributed by atoms with E-state index in [9.17, 15) is 19.1 Å². The second-order valence-electron chi connectivity index (χ2n) is 8.63. The second-order valence-corrected chi connectivity index (χ2v) is 8.63. The first-order valence-corrected chi connectivity index (χ1v) is 10.9. The highest BCUT2D eigenvalue weighted by molar-refractivity contribution is 6.01. The van der Waals surface area contributed by atoms with E-state index >= 15 is 0 Å². The molecule has 0 spiro atoms. The number of carbonyl (C=O) groups is 1. The number of amides is 1. The van der Waals surface area contributed by atoms with Crippen LogP contribution < -0.4 is 10.9 Å². The number of aromatic nitrogens is 2. The Bertz CT molecular complexity index is 1230. The maximum Gasteiger partial charge on any atom is 0.267 e. The van der Waals surface area contributed by atoms with Crippen LogP contribution in [0.15, 0.2) is 41.3 Å². The van der Waals surface area contributed by atoms with E-state index in [1.165, 1.54) is 12.1 Å². The summed E-state index contributed by atoms with van der Waals surface area (Å²) in [7, 11) is 0. The lowest BCUT2D eigenvalue weighted by Crippen LogP contribution is -2.39. The molecule has 7 nitrogen and oxygen atoms in total. The Hall–Kier alpha value is -3.26. The molecule has 32 heavy (non-hydrogen) atoms. The number of halogens is 1. The van der Waals surface area contributed by atoms with Crippen LogP contribution in [0, 0.1) is 11.7 Å². The molecule has 2 aromatic heterocycles. The van der Waals surface area contributed by atoms with Crippen molar-refractivity contribution in [3.05, 3.63) is 69.4 Å². The average molecular weight is 437 g/mol. The Labute approximate surface area is 183 Å². The third-order valence-electron chi connectivity index (χ3n) is 6.09. The lowest BCUT2D eigenvalue weighted by Gasteiger charge is -2.16. The zero-order valence-electron chi connectivity index (χ0n) is 17.5. The van der Waals surface area contributed by atoms with E-state index in [0.717, 1.165) is 24.0 Å². The van der Waals surface area contributed by atoms with Gasteiger partial charge in [0.05, 0.1) is 18.2 Å². The molecule has 1 saturated heterocycles. The average Bonchev–Trinajstić information content (AvgIpc) is 3.46. The van der Waals surface area contributed by atoms with Crippen molar-refractivity contribution in [3.63, 3.8) is 0 Å². The molecule has 2 fully saturated rings. The van der Waals surface area contributed by atoms with E-state index in [1.54, 1.807) is 22.9 Å². The van der Waals surface area contributed by atoms with Crippen molar-refractivity contribution in [1.29, 1.82) is 0 Å². The van der Waals surface area contributed by atoms with Crippen LogP contribution in [0.3, 0.4) is 0 Å². The highest BCUT2D eigenvalue weighted by Crippen LogP contribution is 2.33. The van der Waals surface area contributed by atoms with Crippen molar-refractivity contribution in [2.75, 3.05) is 13.2 Å². The number of hydrogen-bond acceptors (Lipinski definition) is 5. The summed E-state index contributed by atoms with van der Waals surface area (Å²) < 4.78 is 20.1. The molecule has 0 unspecified atom stereocenters. The Morgan fingerprint density at radius 2 is 2.00 bits per heavy atom. The van der Waals surface area contributed by atoms with Gasteiger partial charge in [0.15, 0.2) is 5.75 Å². The number of pyridine rings is 2. The van der Waals surface area contributed by atoms with Gasteiger partial charge < -0.3 is 19.7 Å². The Balaban J connectivity index is 1.56. The standard InChI is InChI=1S/C24H24FN3O4/c25-17-5-3-14(4-6-17)9-16-10-19-21(26-11-16)22(29)20(23(30)27-18-7-8-32-13-18)24(31)28(19)12-15-1-2-15/h3-6,10-11,15,18,29H,1-2,7-9,12-13H2,(H,27,30)/t18-/m1/s1. The van der Waals surface area contributed by atoms with Crippen LogP contribution >= 0.6 is 0 Å². The largest absolute Gasteiger partial charge is 0.505 e. The molecule has 1 aliphatic heterocycles. The number of fused-ring (bicyclic) bond motifs is 1. The number of carbonyl (C=O) groups excluding carboxylic acids is 1. The number of ether oxygens (including phenoxy) is 1. The van der Waals surface area contributed by atoms with Crippen molar-refractivity contribution < 1.29 is 19.0 Å². The predicted octanol–water partition coefficient (Wildman–Crippen LogP) is 2.76. The number of benzene rings is 1. The molecule has 3 aromatic rings. The van der Waals surface area contributed by atoms with E-state index < -0.39 is 17.2 Å². The number of rotatable bonds is 6. The van der Waals surface area contributed by atoms with Gasteiger partial charge >= 0.3 is 0 Å². The molecule has 5 rings (SSSR count). The third kappa shape index (κ3) is 4.10. The van der Waals surface area contributed by atoms with Gasteiger partial charge in [-0.1, -0.05) is 12.1 Å². The minimum absolute atomic E-state index is 0.181. The van der Waals surface area contributed by atoms with Crippen molar-refractivity contribution in [1.82, 2.24) is 14.9 Å². The molecule has 2 aliphatic rings. The Kier molecular flexibility index (Phi) is 5.38. The topological polar surface area (TPSA) is 93.4 Å². The van der Waals surface area contributed by atoms with Crippen LogP contribution in [0.2, 0.25) is 0 Å². The minimum atomic E-state index is -0.605. The van der Waals surface area contributed by atoms with Crippen LogP contribution in [0.4, 0.5) is 4.39 Å². The molecule has 1 aromatic carbocycles. The van der Waals surface area contributed by atoms with E-state index in [-0.39, 0.29) is 22.9 Å². The van der Waals surface area contributed by atoms with Crippen LogP contribution in [0.5, 0.6) is 5.75 Å². The summed E-state index contributed by atoms with van der Waals surface area (Å²) in [6.45, 7) is 1.42. The van der Waals surface area contributed by atoms with Gasteiger partial charge in [0.25, 0.3) is 11.5 Å². The van der Waals surface area contributed by atoms with E-state index in [1.807, 2.05) is 6.07 Å². The summed E-state index contributed by atoms with van der Waals surface area (Å²) in [5.74, 6) is -0.933. The summed E-state index contributed by atoms with van der Waals surface area (Å²) in [6.07, 6.45) is 4.84. The maximum atomic E-state index is 13.3. The summed E-state index contributed by atoms with van der Waals surface area (Å²) in [5, 5.41) is 13.6. The van der Waals surface area contributed by atoms with E-state index in [2.05, 4.69) is 10.3 Å². The molecule has 166 valence electrons. The molecule has 1 amide bonds. The van der Waals surface area contributed by atoms with Crippen molar-refractivity contribution in [2.45, 2.75) is 38.3 Å². The van der Waals surface area contributed by atoms with Gasteiger partial charge in [-0.05, 0) is 60.9 Å². The highest BCUT2D eigenvalue weighted by atomic mass is 19.1. The number of aromatic hydroxyl groups is 1. The molecule has 0 bridgehead atoms. The molecule has 1 aliphatic carbocycles. The molecule has 8 heteroatoms. The van der Waals surface area contributed by atoms with Crippen LogP contribution in [-0.2, 0) is 17.7 Å². The van der Waals surface area contributed by atoms with Crippen LogP contribution in [-0.4, -0.2) is 39.8 Å². The quantitative estimate of drug-likeness (QED) is 0.619. The predicted molar refractivity (Wildman–Crippen MR) is 116 cm³/mol. The molecule has 2 N–H and O–H groups in total. The fourth-order valence-corrected chi connectivity index (χ4v) is 4.13.